The number of hydrogen-bond acceptors (Lipinski definition) is 4. The standard InChI is InChI=1S/C14H16Br2O4/c1-4-19-13(18)14(2,3)11(17)12(16)20-10-7-5-9(15)6-8-10/h5-8,12H,4H2,1-3H3. The first-order valence-corrected chi connectivity index (χ1v) is 7.77. The average molecular weight is 408 g/mol. The molecule has 4 nitrogen and oxygen atoms in total. The van der Waals surface area contributed by atoms with Crippen molar-refractivity contribution in [3.05, 3.63) is 28.7 Å². The fourth-order valence-electron chi connectivity index (χ4n) is 1.38. The maximum atomic E-state index is 12.3. The Bertz CT molecular complexity index is 482. The Kier molecular flexibility index (Phi) is 6.20. The van der Waals surface area contributed by atoms with Crippen molar-refractivity contribution in [2.24, 2.45) is 5.41 Å². The lowest BCUT2D eigenvalue weighted by Crippen LogP contribution is -2.41. The minimum absolute atomic E-state index is 0.232. The van der Waals surface area contributed by atoms with E-state index in [4.69, 9.17) is 9.47 Å². The summed E-state index contributed by atoms with van der Waals surface area (Å²) in [6.45, 7) is 4.97. The highest BCUT2D eigenvalue weighted by molar-refractivity contribution is 9.10. The summed E-state index contributed by atoms with van der Waals surface area (Å²) < 4.78 is 11.3. The Hall–Kier alpha value is -0.880. The summed E-state index contributed by atoms with van der Waals surface area (Å²) in [6.07, 6.45) is 0. The Labute approximate surface area is 135 Å². The molecular formula is C14H16Br2O4. The van der Waals surface area contributed by atoms with Gasteiger partial charge in [-0.25, -0.2) is 0 Å². The molecule has 6 heteroatoms. The minimum Gasteiger partial charge on any atom is -0.471 e. The van der Waals surface area contributed by atoms with Crippen LogP contribution in [0.4, 0.5) is 0 Å². The molecule has 0 aliphatic carbocycles. The molecule has 0 heterocycles. The van der Waals surface area contributed by atoms with Crippen molar-refractivity contribution in [3.63, 3.8) is 0 Å². The topological polar surface area (TPSA) is 52.6 Å². The number of ketones is 1. The second kappa shape index (κ2) is 7.22. The fourth-order valence-corrected chi connectivity index (χ4v) is 2.43. The number of hydrogen-bond donors (Lipinski definition) is 0. The molecule has 20 heavy (non-hydrogen) atoms. The van der Waals surface area contributed by atoms with Crippen molar-refractivity contribution in [2.45, 2.75) is 25.8 Å². The number of halogens is 2. The Balaban J connectivity index is 2.75. The van der Waals surface area contributed by atoms with Crippen molar-refractivity contribution in [3.8, 4) is 5.75 Å². The molecular weight excluding hydrogens is 392 g/mol. The number of carbonyl (C=O) groups excluding carboxylic acids is 2. The van der Waals surface area contributed by atoms with E-state index in [1.807, 2.05) is 0 Å². The first-order valence-electron chi connectivity index (χ1n) is 6.07. The van der Waals surface area contributed by atoms with Crippen LogP contribution in [0, 0.1) is 5.41 Å². The van der Waals surface area contributed by atoms with E-state index in [9.17, 15) is 9.59 Å². The molecule has 0 saturated heterocycles. The Morgan fingerprint density at radius 3 is 2.30 bits per heavy atom. The van der Waals surface area contributed by atoms with Gasteiger partial charge in [-0.1, -0.05) is 15.9 Å². The highest BCUT2D eigenvalue weighted by Crippen LogP contribution is 2.26. The predicted molar refractivity (Wildman–Crippen MR) is 82.9 cm³/mol. The van der Waals surface area contributed by atoms with Gasteiger partial charge in [-0.3, -0.25) is 9.59 Å². The molecule has 1 aromatic rings. The predicted octanol–water partition coefficient (Wildman–Crippen LogP) is 3.71. The molecule has 0 N–H and O–H groups in total. The molecule has 0 saturated carbocycles. The lowest BCUT2D eigenvalue weighted by Gasteiger charge is -2.23. The third-order valence-corrected chi connectivity index (χ3v) is 3.79. The van der Waals surface area contributed by atoms with Crippen LogP contribution in [0.5, 0.6) is 5.75 Å². The van der Waals surface area contributed by atoms with Gasteiger partial charge in [0.15, 0.2) is 0 Å². The van der Waals surface area contributed by atoms with Crippen LogP contribution in [0.1, 0.15) is 20.8 Å². The SMILES string of the molecule is CCOC(=O)C(C)(C)C(=O)C(Br)Oc1ccc(Br)cc1. The van der Waals surface area contributed by atoms with E-state index in [0.29, 0.717) is 5.75 Å². The molecule has 0 amide bonds. The van der Waals surface area contributed by atoms with Crippen LogP contribution in [0.15, 0.2) is 28.7 Å². The van der Waals surface area contributed by atoms with Crippen molar-refractivity contribution >= 4 is 43.6 Å². The van der Waals surface area contributed by atoms with E-state index >= 15 is 0 Å². The highest BCUT2D eigenvalue weighted by Gasteiger charge is 2.41. The Morgan fingerprint density at radius 1 is 1.25 bits per heavy atom. The van der Waals surface area contributed by atoms with Crippen molar-refractivity contribution < 1.29 is 19.1 Å². The van der Waals surface area contributed by atoms with Crippen LogP contribution in [0.3, 0.4) is 0 Å². The van der Waals surface area contributed by atoms with E-state index in [1.54, 1.807) is 31.2 Å². The number of carbonyl (C=O) groups is 2. The number of alkyl halides is 1. The van der Waals surface area contributed by atoms with Crippen LogP contribution >= 0.6 is 31.9 Å². The van der Waals surface area contributed by atoms with Gasteiger partial charge in [0, 0.05) is 4.47 Å². The van der Waals surface area contributed by atoms with Crippen LogP contribution in [-0.2, 0) is 14.3 Å². The van der Waals surface area contributed by atoms with Gasteiger partial charge in [0.1, 0.15) is 11.2 Å². The van der Waals surface area contributed by atoms with E-state index < -0.39 is 16.4 Å². The van der Waals surface area contributed by atoms with Crippen molar-refractivity contribution in [1.82, 2.24) is 0 Å². The van der Waals surface area contributed by atoms with Gasteiger partial charge in [-0.05, 0) is 61.0 Å². The van der Waals surface area contributed by atoms with E-state index in [-0.39, 0.29) is 12.4 Å². The third-order valence-electron chi connectivity index (χ3n) is 2.66. The lowest BCUT2D eigenvalue weighted by atomic mass is 9.88. The summed E-state index contributed by atoms with van der Waals surface area (Å²) >= 11 is 6.48. The summed E-state index contributed by atoms with van der Waals surface area (Å²) in [4.78, 5) is 24.1. The lowest BCUT2D eigenvalue weighted by molar-refractivity contribution is -0.158. The average Bonchev–Trinajstić information content (AvgIpc) is 2.40. The number of Topliss-reactive ketones (excluding diaryl/α,β-unsaturated/α-hetero) is 1. The summed E-state index contributed by atoms with van der Waals surface area (Å²) in [5.74, 6) is -0.421. The molecule has 1 unspecified atom stereocenters. The molecule has 1 rings (SSSR count). The van der Waals surface area contributed by atoms with Crippen LogP contribution in [0.25, 0.3) is 0 Å². The molecule has 0 bridgehead atoms. The van der Waals surface area contributed by atoms with Gasteiger partial charge >= 0.3 is 5.97 Å². The number of esters is 1. The number of benzene rings is 1. The monoisotopic (exact) mass is 406 g/mol. The molecule has 0 fully saturated rings. The summed E-state index contributed by atoms with van der Waals surface area (Å²) in [5, 5.41) is -0.914. The molecule has 1 atom stereocenters. The molecule has 0 spiro atoms. The minimum atomic E-state index is -1.26. The van der Waals surface area contributed by atoms with E-state index in [1.165, 1.54) is 13.8 Å². The van der Waals surface area contributed by atoms with Gasteiger partial charge < -0.3 is 9.47 Å². The summed E-state index contributed by atoms with van der Waals surface area (Å²) in [6, 6.07) is 7.05. The molecule has 110 valence electrons. The van der Waals surface area contributed by atoms with Gasteiger partial charge in [0.2, 0.25) is 10.8 Å². The maximum Gasteiger partial charge on any atom is 0.319 e. The Morgan fingerprint density at radius 2 is 1.80 bits per heavy atom. The molecule has 0 radical (unpaired) electrons. The first-order chi connectivity index (χ1) is 9.28. The molecule has 0 aliphatic heterocycles. The second-order valence-corrected chi connectivity index (χ2v) is 6.34. The van der Waals surface area contributed by atoms with Crippen LogP contribution < -0.4 is 4.74 Å². The third kappa shape index (κ3) is 4.31. The normalized spacial score (nSPS) is 12.7. The largest absolute Gasteiger partial charge is 0.471 e. The number of ether oxygens (including phenoxy) is 2. The second-order valence-electron chi connectivity index (χ2n) is 4.60. The zero-order chi connectivity index (χ0) is 15.3. The zero-order valence-electron chi connectivity index (χ0n) is 11.5. The maximum absolute atomic E-state index is 12.3. The van der Waals surface area contributed by atoms with Gasteiger partial charge in [-0.2, -0.15) is 0 Å². The van der Waals surface area contributed by atoms with Gasteiger partial charge in [0.25, 0.3) is 0 Å². The molecule has 0 aromatic heterocycles. The molecule has 0 aliphatic rings. The van der Waals surface area contributed by atoms with Crippen LogP contribution in [-0.4, -0.2) is 23.4 Å². The highest BCUT2D eigenvalue weighted by atomic mass is 79.9. The van der Waals surface area contributed by atoms with E-state index in [0.717, 1.165) is 4.47 Å². The van der Waals surface area contributed by atoms with Gasteiger partial charge in [-0.15, -0.1) is 0 Å². The molecule has 1 aromatic carbocycles. The van der Waals surface area contributed by atoms with Crippen molar-refractivity contribution in [1.29, 1.82) is 0 Å². The summed E-state index contributed by atoms with van der Waals surface area (Å²) in [5.41, 5.74) is -1.26. The smallest absolute Gasteiger partial charge is 0.319 e. The van der Waals surface area contributed by atoms with Crippen LogP contribution in [0.2, 0.25) is 0 Å². The van der Waals surface area contributed by atoms with Gasteiger partial charge in [0.05, 0.1) is 6.61 Å². The zero-order valence-corrected chi connectivity index (χ0v) is 14.7. The fraction of sp³-hybridized carbons (Fsp3) is 0.429. The van der Waals surface area contributed by atoms with Crippen molar-refractivity contribution in [2.75, 3.05) is 6.61 Å². The van der Waals surface area contributed by atoms with E-state index in [2.05, 4.69) is 31.9 Å². The first kappa shape index (κ1) is 17.2. The quantitative estimate of drug-likeness (QED) is 0.409. The number of rotatable bonds is 6. The summed E-state index contributed by atoms with van der Waals surface area (Å²) in [7, 11) is 0.